The van der Waals surface area contributed by atoms with E-state index < -0.39 is 0 Å². The van der Waals surface area contributed by atoms with Crippen molar-refractivity contribution < 1.29 is 4.79 Å². The molecule has 66 valence electrons. The molecule has 0 saturated heterocycles. The van der Waals surface area contributed by atoms with E-state index in [1.165, 1.54) is 5.39 Å². The number of hydrogen-bond donors (Lipinski definition) is 1. The Morgan fingerprint density at radius 1 is 1.31 bits per heavy atom. The molecule has 0 atom stereocenters. The van der Waals surface area contributed by atoms with Crippen LogP contribution in [0, 0.1) is 0 Å². The fourth-order valence-electron chi connectivity index (χ4n) is 1.25. The molecule has 1 aromatic heterocycles. The van der Waals surface area contributed by atoms with Crippen molar-refractivity contribution in [2.24, 2.45) is 0 Å². The van der Waals surface area contributed by atoms with Gasteiger partial charge in [0.2, 0.25) is 0 Å². The summed E-state index contributed by atoms with van der Waals surface area (Å²) in [5.41, 5.74) is 0.716. The molecule has 1 aromatic carbocycles. The van der Waals surface area contributed by atoms with Gasteiger partial charge in [0.1, 0.15) is 0 Å². The fraction of sp³-hybridized carbons (Fsp3) is 0.100. The van der Waals surface area contributed by atoms with E-state index in [4.69, 9.17) is 0 Å². The minimum Gasteiger partial charge on any atom is -0.355 e. The summed E-state index contributed by atoms with van der Waals surface area (Å²) in [6.07, 6.45) is 0. The molecule has 1 N–H and O–H groups in total. The Balaban J connectivity index is 2.54. The van der Waals surface area contributed by atoms with Crippen molar-refractivity contribution in [1.29, 1.82) is 0 Å². The van der Waals surface area contributed by atoms with E-state index in [2.05, 4.69) is 10.7 Å². The minimum atomic E-state index is -0.0342. The van der Waals surface area contributed by atoms with Crippen molar-refractivity contribution in [3.63, 3.8) is 0 Å². The van der Waals surface area contributed by atoms with E-state index in [1.807, 2.05) is 23.6 Å². The molecule has 0 aliphatic carbocycles. The second kappa shape index (κ2) is 3.18. The zero-order valence-corrected chi connectivity index (χ0v) is 8.02. The number of carbonyl (C=O) groups is 1. The van der Waals surface area contributed by atoms with Crippen LogP contribution in [0.4, 0.5) is 0 Å². The Morgan fingerprint density at radius 3 is 2.85 bits per heavy atom. The number of benzene rings is 1. The summed E-state index contributed by atoms with van der Waals surface area (Å²) in [6.45, 7) is 0. The first-order valence-corrected chi connectivity index (χ1v) is 4.93. The molecule has 0 unspecified atom stereocenters. The normalized spacial score (nSPS) is 10.2. The zero-order chi connectivity index (χ0) is 9.26. The average Bonchev–Trinajstić information content (AvgIpc) is 2.63. The Hall–Kier alpha value is -1.35. The van der Waals surface area contributed by atoms with Crippen LogP contribution in [0.3, 0.4) is 0 Å². The van der Waals surface area contributed by atoms with Gasteiger partial charge in [-0.2, -0.15) is 11.3 Å². The van der Waals surface area contributed by atoms with E-state index in [9.17, 15) is 4.79 Å². The predicted molar refractivity (Wildman–Crippen MR) is 55.2 cm³/mol. The largest absolute Gasteiger partial charge is 0.355 e. The standard InChI is InChI=1S/C10H9NOS/c1-11-10(12)7-2-3-8-5-13-6-9(8)4-7/h2-6H,1H3,(H,11,12). The van der Waals surface area contributed by atoms with Gasteiger partial charge >= 0.3 is 0 Å². The van der Waals surface area contributed by atoms with Crippen molar-refractivity contribution >= 4 is 28.0 Å². The van der Waals surface area contributed by atoms with E-state index in [1.54, 1.807) is 18.4 Å². The van der Waals surface area contributed by atoms with Gasteiger partial charge in [0.05, 0.1) is 0 Å². The maximum Gasteiger partial charge on any atom is 0.251 e. The first-order chi connectivity index (χ1) is 6.31. The molecule has 1 amide bonds. The summed E-state index contributed by atoms with van der Waals surface area (Å²) in [4.78, 5) is 11.3. The van der Waals surface area contributed by atoms with Crippen LogP contribution in [-0.2, 0) is 0 Å². The third kappa shape index (κ3) is 1.42. The van der Waals surface area contributed by atoms with Crippen molar-refractivity contribution in [2.45, 2.75) is 0 Å². The van der Waals surface area contributed by atoms with Crippen LogP contribution in [0.25, 0.3) is 10.8 Å². The number of fused-ring (bicyclic) bond motifs is 1. The highest BCUT2D eigenvalue weighted by Gasteiger charge is 2.03. The van der Waals surface area contributed by atoms with Gasteiger partial charge in [0, 0.05) is 12.6 Å². The molecule has 0 aliphatic rings. The number of rotatable bonds is 1. The van der Waals surface area contributed by atoms with Gasteiger partial charge in [-0.05, 0) is 33.7 Å². The number of nitrogens with one attached hydrogen (secondary N) is 1. The molecule has 2 rings (SSSR count). The van der Waals surface area contributed by atoms with Gasteiger partial charge < -0.3 is 5.32 Å². The summed E-state index contributed by atoms with van der Waals surface area (Å²) in [6, 6.07) is 5.72. The van der Waals surface area contributed by atoms with Crippen molar-refractivity contribution in [3.05, 3.63) is 34.5 Å². The van der Waals surface area contributed by atoms with Crippen LogP contribution in [0.2, 0.25) is 0 Å². The molecule has 3 heteroatoms. The molecule has 0 bridgehead atoms. The first kappa shape index (κ1) is 8.26. The molecule has 0 saturated carbocycles. The van der Waals surface area contributed by atoms with Crippen molar-refractivity contribution in [1.82, 2.24) is 5.32 Å². The fourth-order valence-corrected chi connectivity index (χ4v) is 2.03. The summed E-state index contributed by atoms with van der Waals surface area (Å²) >= 11 is 1.65. The summed E-state index contributed by atoms with van der Waals surface area (Å²) < 4.78 is 0. The summed E-state index contributed by atoms with van der Waals surface area (Å²) in [7, 11) is 1.64. The predicted octanol–water partition coefficient (Wildman–Crippen LogP) is 2.26. The lowest BCUT2D eigenvalue weighted by Gasteiger charge is -1.98. The number of hydrogen-bond acceptors (Lipinski definition) is 2. The molecular weight excluding hydrogens is 182 g/mol. The van der Waals surface area contributed by atoms with Crippen LogP contribution in [0.5, 0.6) is 0 Å². The molecule has 13 heavy (non-hydrogen) atoms. The lowest BCUT2D eigenvalue weighted by Crippen LogP contribution is -2.17. The number of amides is 1. The van der Waals surface area contributed by atoms with Crippen LogP contribution < -0.4 is 5.32 Å². The van der Waals surface area contributed by atoms with Crippen LogP contribution >= 0.6 is 11.3 Å². The maximum atomic E-state index is 11.3. The molecule has 0 aliphatic heterocycles. The Morgan fingerprint density at radius 2 is 2.08 bits per heavy atom. The van der Waals surface area contributed by atoms with Crippen molar-refractivity contribution in [3.8, 4) is 0 Å². The van der Waals surface area contributed by atoms with Crippen LogP contribution in [0.1, 0.15) is 10.4 Å². The third-order valence-corrected chi connectivity index (χ3v) is 2.75. The Bertz CT molecular complexity index is 447. The molecule has 2 aromatic rings. The topological polar surface area (TPSA) is 29.1 Å². The van der Waals surface area contributed by atoms with Crippen LogP contribution in [0.15, 0.2) is 29.0 Å². The smallest absolute Gasteiger partial charge is 0.251 e. The monoisotopic (exact) mass is 191 g/mol. The maximum absolute atomic E-state index is 11.3. The number of carbonyl (C=O) groups excluding carboxylic acids is 1. The van der Waals surface area contributed by atoms with Crippen LogP contribution in [-0.4, -0.2) is 13.0 Å². The number of thiophene rings is 1. The van der Waals surface area contributed by atoms with E-state index >= 15 is 0 Å². The van der Waals surface area contributed by atoms with Gasteiger partial charge in [-0.1, -0.05) is 6.07 Å². The highest BCUT2D eigenvalue weighted by Crippen LogP contribution is 2.20. The molecule has 2 nitrogen and oxygen atoms in total. The zero-order valence-electron chi connectivity index (χ0n) is 7.20. The Labute approximate surface area is 80.2 Å². The second-order valence-electron chi connectivity index (χ2n) is 2.79. The van der Waals surface area contributed by atoms with Crippen molar-refractivity contribution in [2.75, 3.05) is 7.05 Å². The lowest BCUT2D eigenvalue weighted by molar-refractivity contribution is 0.0963. The van der Waals surface area contributed by atoms with E-state index in [0.717, 1.165) is 5.39 Å². The molecule has 0 fully saturated rings. The van der Waals surface area contributed by atoms with E-state index in [0.29, 0.717) is 5.56 Å². The molecule has 0 spiro atoms. The molecule has 1 heterocycles. The average molecular weight is 191 g/mol. The summed E-state index contributed by atoms with van der Waals surface area (Å²) in [5.74, 6) is -0.0342. The van der Waals surface area contributed by atoms with Gasteiger partial charge in [0.15, 0.2) is 0 Å². The highest BCUT2D eigenvalue weighted by molar-refractivity contribution is 7.09. The van der Waals surface area contributed by atoms with E-state index in [-0.39, 0.29) is 5.91 Å². The minimum absolute atomic E-state index is 0.0342. The van der Waals surface area contributed by atoms with Gasteiger partial charge in [0.25, 0.3) is 5.91 Å². The molecular formula is C10H9NOS. The third-order valence-electron chi connectivity index (χ3n) is 1.97. The highest BCUT2D eigenvalue weighted by atomic mass is 32.1. The molecule has 0 radical (unpaired) electrons. The second-order valence-corrected chi connectivity index (χ2v) is 3.54. The first-order valence-electron chi connectivity index (χ1n) is 3.99. The summed E-state index contributed by atoms with van der Waals surface area (Å²) in [5, 5.41) is 9.04. The van der Waals surface area contributed by atoms with Gasteiger partial charge in [-0.25, -0.2) is 0 Å². The van der Waals surface area contributed by atoms with Gasteiger partial charge in [-0.3, -0.25) is 4.79 Å². The quantitative estimate of drug-likeness (QED) is 0.736. The SMILES string of the molecule is CNC(=O)c1ccc2cscc2c1. The van der Waals surface area contributed by atoms with Gasteiger partial charge in [-0.15, -0.1) is 0 Å². The lowest BCUT2D eigenvalue weighted by atomic mass is 10.1. The Kier molecular flexibility index (Phi) is 2.02.